The van der Waals surface area contributed by atoms with E-state index in [2.05, 4.69) is 34.2 Å². The molecule has 2 unspecified atom stereocenters. The molecule has 1 aliphatic rings. The highest BCUT2D eigenvalue weighted by Crippen LogP contribution is 2.28. The van der Waals surface area contributed by atoms with Crippen LogP contribution < -0.4 is 15.8 Å². The average molecular weight is 279 g/mol. The van der Waals surface area contributed by atoms with Crippen molar-refractivity contribution in [3.8, 4) is 5.88 Å². The molecule has 0 aromatic carbocycles. The molecule has 0 spiro atoms. The fourth-order valence-corrected chi connectivity index (χ4v) is 2.43. The number of hydrogen-bond acceptors (Lipinski definition) is 6. The molecule has 0 radical (unpaired) electrons. The van der Waals surface area contributed by atoms with Crippen LogP contribution in [0.15, 0.2) is 6.33 Å². The number of aromatic nitrogens is 2. The molecule has 20 heavy (non-hydrogen) atoms. The average Bonchev–Trinajstić information content (AvgIpc) is 2.38. The second-order valence-corrected chi connectivity index (χ2v) is 5.80. The number of nitrogens with two attached hydrogens (primary N) is 1. The maximum Gasteiger partial charge on any atom is 0.242 e. The fourth-order valence-electron chi connectivity index (χ4n) is 2.43. The number of likely N-dealkylation sites (tertiary alicyclic amines) is 1. The first-order chi connectivity index (χ1) is 9.47. The van der Waals surface area contributed by atoms with Gasteiger partial charge in [0.25, 0.3) is 0 Å². The van der Waals surface area contributed by atoms with Gasteiger partial charge in [0.15, 0.2) is 5.82 Å². The lowest BCUT2D eigenvalue weighted by Crippen LogP contribution is -2.42. The highest BCUT2D eigenvalue weighted by Gasteiger charge is 2.24. The van der Waals surface area contributed by atoms with Crippen molar-refractivity contribution in [3.05, 3.63) is 6.33 Å². The minimum absolute atomic E-state index is 0.0448. The summed E-state index contributed by atoms with van der Waals surface area (Å²) in [5.74, 6) is 1.14. The summed E-state index contributed by atoms with van der Waals surface area (Å²) in [5, 5.41) is 3.43. The Morgan fingerprint density at radius 1 is 1.45 bits per heavy atom. The molecule has 0 amide bonds. The maximum atomic E-state index is 6.09. The van der Waals surface area contributed by atoms with Gasteiger partial charge in [0, 0.05) is 18.6 Å². The Labute approximate surface area is 120 Å². The number of nitrogens with one attached hydrogen (secondary N) is 1. The first-order valence-corrected chi connectivity index (χ1v) is 7.21. The third-order valence-corrected chi connectivity index (χ3v) is 3.74. The van der Waals surface area contributed by atoms with Gasteiger partial charge in [-0.3, -0.25) is 0 Å². The van der Waals surface area contributed by atoms with E-state index in [0.717, 1.165) is 19.4 Å². The molecule has 0 saturated carbocycles. The Morgan fingerprint density at radius 3 is 2.85 bits per heavy atom. The predicted molar refractivity (Wildman–Crippen MR) is 80.9 cm³/mol. The van der Waals surface area contributed by atoms with Crippen molar-refractivity contribution in [1.29, 1.82) is 0 Å². The number of piperidine rings is 1. The summed E-state index contributed by atoms with van der Waals surface area (Å²) in [7, 11) is 2.16. The molecule has 0 aliphatic carbocycles. The van der Waals surface area contributed by atoms with Crippen LogP contribution in [0.5, 0.6) is 5.88 Å². The summed E-state index contributed by atoms with van der Waals surface area (Å²) < 4.78 is 5.59. The quantitative estimate of drug-likeness (QED) is 0.874. The van der Waals surface area contributed by atoms with E-state index >= 15 is 0 Å². The number of anilines is 2. The molecular weight excluding hydrogens is 254 g/mol. The summed E-state index contributed by atoms with van der Waals surface area (Å²) in [5.41, 5.74) is 6.58. The van der Waals surface area contributed by atoms with Crippen molar-refractivity contribution >= 4 is 11.5 Å². The molecule has 6 heteroatoms. The van der Waals surface area contributed by atoms with Crippen molar-refractivity contribution in [1.82, 2.24) is 14.9 Å². The number of rotatable bonds is 4. The molecule has 1 aromatic rings. The Morgan fingerprint density at radius 2 is 2.20 bits per heavy atom. The smallest absolute Gasteiger partial charge is 0.242 e. The van der Waals surface area contributed by atoms with Crippen LogP contribution in [0.1, 0.15) is 33.6 Å². The first kappa shape index (κ1) is 14.8. The summed E-state index contributed by atoms with van der Waals surface area (Å²) in [4.78, 5) is 10.7. The van der Waals surface area contributed by atoms with Crippen LogP contribution in [0.3, 0.4) is 0 Å². The summed E-state index contributed by atoms with van der Waals surface area (Å²) in [6.07, 6.45) is 3.71. The molecule has 2 heterocycles. The zero-order valence-corrected chi connectivity index (χ0v) is 12.8. The van der Waals surface area contributed by atoms with E-state index in [1.165, 1.54) is 6.33 Å². The first-order valence-electron chi connectivity index (χ1n) is 7.21. The van der Waals surface area contributed by atoms with Gasteiger partial charge < -0.3 is 20.7 Å². The fraction of sp³-hybridized carbons (Fsp3) is 0.714. The Balaban J connectivity index is 2.06. The van der Waals surface area contributed by atoms with Gasteiger partial charge in [-0.25, -0.2) is 4.98 Å². The van der Waals surface area contributed by atoms with Gasteiger partial charge in [0.1, 0.15) is 12.0 Å². The number of nitrogens with zero attached hydrogens (tertiary/aromatic N) is 3. The van der Waals surface area contributed by atoms with Gasteiger partial charge in [-0.15, -0.1) is 0 Å². The van der Waals surface area contributed by atoms with Gasteiger partial charge in [-0.05, 0) is 40.7 Å². The van der Waals surface area contributed by atoms with Crippen LogP contribution in [0.25, 0.3) is 0 Å². The lowest BCUT2D eigenvalue weighted by atomic mass is 9.99. The minimum Gasteiger partial charge on any atom is -0.473 e. The van der Waals surface area contributed by atoms with Crippen molar-refractivity contribution in [3.63, 3.8) is 0 Å². The van der Waals surface area contributed by atoms with Gasteiger partial charge in [0.05, 0.1) is 6.10 Å². The highest BCUT2D eigenvalue weighted by atomic mass is 16.5. The van der Waals surface area contributed by atoms with Gasteiger partial charge >= 0.3 is 0 Å². The van der Waals surface area contributed by atoms with E-state index in [9.17, 15) is 0 Å². The lowest BCUT2D eigenvalue weighted by Gasteiger charge is -2.35. The predicted octanol–water partition coefficient (Wildman–Crippen LogP) is 1.74. The zero-order chi connectivity index (χ0) is 14.7. The maximum absolute atomic E-state index is 6.09. The van der Waals surface area contributed by atoms with Gasteiger partial charge in [-0.2, -0.15) is 4.98 Å². The van der Waals surface area contributed by atoms with E-state index in [1.54, 1.807) is 0 Å². The van der Waals surface area contributed by atoms with Crippen LogP contribution in [0, 0.1) is 0 Å². The molecule has 2 rings (SSSR count). The number of ether oxygens (including phenoxy) is 1. The van der Waals surface area contributed by atoms with Crippen LogP contribution >= 0.6 is 0 Å². The lowest BCUT2D eigenvalue weighted by molar-refractivity contribution is 0.190. The van der Waals surface area contributed by atoms with Crippen LogP contribution in [-0.4, -0.2) is 46.6 Å². The number of hydrogen-bond donors (Lipinski definition) is 2. The largest absolute Gasteiger partial charge is 0.473 e. The summed E-state index contributed by atoms with van der Waals surface area (Å²) in [6, 6.07) is 0.959. The van der Waals surface area contributed by atoms with Crippen LogP contribution in [0.4, 0.5) is 11.5 Å². The van der Waals surface area contributed by atoms with E-state index in [0.29, 0.717) is 29.5 Å². The molecule has 6 nitrogen and oxygen atoms in total. The van der Waals surface area contributed by atoms with Crippen LogP contribution in [-0.2, 0) is 0 Å². The third-order valence-electron chi connectivity index (χ3n) is 3.74. The second kappa shape index (κ2) is 6.26. The molecule has 1 aliphatic heterocycles. The van der Waals surface area contributed by atoms with Gasteiger partial charge in [0.2, 0.25) is 5.88 Å². The summed E-state index contributed by atoms with van der Waals surface area (Å²) in [6.45, 7) is 7.23. The molecule has 1 fully saturated rings. The molecular formula is C14H25N5O. The van der Waals surface area contributed by atoms with Crippen molar-refractivity contribution in [2.24, 2.45) is 0 Å². The minimum atomic E-state index is 0.0448. The van der Waals surface area contributed by atoms with E-state index in [-0.39, 0.29) is 6.10 Å². The van der Waals surface area contributed by atoms with E-state index in [4.69, 9.17) is 10.5 Å². The Hall–Kier alpha value is -1.56. The topological polar surface area (TPSA) is 76.3 Å². The van der Waals surface area contributed by atoms with Crippen molar-refractivity contribution in [2.75, 3.05) is 24.6 Å². The van der Waals surface area contributed by atoms with Crippen LogP contribution in [0.2, 0.25) is 0 Å². The Kier molecular flexibility index (Phi) is 4.65. The van der Waals surface area contributed by atoms with Gasteiger partial charge in [-0.1, -0.05) is 0 Å². The van der Waals surface area contributed by atoms with Crippen molar-refractivity contribution in [2.45, 2.75) is 51.8 Å². The van der Waals surface area contributed by atoms with Crippen molar-refractivity contribution < 1.29 is 4.74 Å². The SMILES string of the molecule is CC(C)Oc1ncnc(NC2CCN(C)C(C)C2)c1N. The van der Waals surface area contributed by atoms with E-state index in [1.807, 2.05) is 13.8 Å². The van der Waals surface area contributed by atoms with E-state index < -0.39 is 0 Å². The third kappa shape index (κ3) is 3.50. The summed E-state index contributed by atoms with van der Waals surface area (Å²) >= 11 is 0. The highest BCUT2D eigenvalue weighted by molar-refractivity contribution is 5.66. The normalized spacial score (nSPS) is 23.9. The standard InChI is InChI=1S/C14H25N5O/c1-9(2)20-14-12(15)13(16-8-17-14)18-11-5-6-19(4)10(3)7-11/h8-11H,5-7,15H2,1-4H3,(H,16,17,18). The molecule has 1 aromatic heterocycles. The molecule has 1 saturated heterocycles. The molecule has 2 atom stereocenters. The molecule has 112 valence electrons. The molecule has 3 N–H and O–H groups in total. The Bertz CT molecular complexity index is 451. The second-order valence-electron chi connectivity index (χ2n) is 5.80. The number of nitrogen functional groups attached to an aromatic ring is 1. The monoisotopic (exact) mass is 279 g/mol. The zero-order valence-electron chi connectivity index (χ0n) is 12.8. The molecule has 0 bridgehead atoms.